The van der Waals surface area contributed by atoms with Gasteiger partial charge in [0.2, 0.25) is 0 Å². The number of hydrogen-bond acceptors (Lipinski definition) is 3. The van der Waals surface area contributed by atoms with Gasteiger partial charge in [-0.1, -0.05) is 31.5 Å². The third-order valence-corrected chi connectivity index (χ3v) is 3.63. The Hall–Kier alpha value is -2.04. The van der Waals surface area contributed by atoms with E-state index >= 15 is 0 Å². The maximum atomic E-state index is 12.4. The molecule has 0 aliphatic carbocycles. The second-order valence-corrected chi connectivity index (χ2v) is 7.53. The summed E-state index contributed by atoms with van der Waals surface area (Å²) in [6, 6.07) is 5.58. The minimum atomic E-state index is -0.548. The number of carbonyl (C=O) groups is 2. The zero-order chi connectivity index (χ0) is 18.5. The van der Waals surface area contributed by atoms with Crippen molar-refractivity contribution in [2.45, 2.75) is 60.1 Å². The number of nitrogens with one attached hydrogen (secondary N) is 2. The van der Waals surface area contributed by atoms with Crippen LogP contribution in [0.2, 0.25) is 0 Å². The SMILES string of the molecule is Cc1ccc(C)c(C(=O)NCC(NC(=O)OC(C)(C)C)C(C)C)c1. The monoisotopic (exact) mass is 334 g/mol. The number of aryl methyl sites for hydroxylation is 2. The predicted molar refractivity (Wildman–Crippen MR) is 96.2 cm³/mol. The predicted octanol–water partition coefficient (Wildman–Crippen LogP) is 3.58. The summed E-state index contributed by atoms with van der Waals surface area (Å²) >= 11 is 0. The van der Waals surface area contributed by atoms with Gasteiger partial charge in [0.25, 0.3) is 5.91 Å². The summed E-state index contributed by atoms with van der Waals surface area (Å²) in [6.07, 6.45) is -0.470. The number of benzene rings is 1. The van der Waals surface area contributed by atoms with Crippen molar-refractivity contribution in [1.29, 1.82) is 0 Å². The molecule has 1 unspecified atom stereocenters. The zero-order valence-corrected chi connectivity index (χ0v) is 15.8. The molecule has 1 aromatic rings. The van der Waals surface area contributed by atoms with E-state index in [4.69, 9.17) is 4.74 Å². The van der Waals surface area contributed by atoms with Crippen LogP contribution < -0.4 is 10.6 Å². The lowest BCUT2D eigenvalue weighted by Gasteiger charge is -2.26. The van der Waals surface area contributed by atoms with E-state index in [0.29, 0.717) is 12.1 Å². The Balaban J connectivity index is 2.68. The molecule has 1 aromatic carbocycles. The van der Waals surface area contributed by atoms with E-state index in [1.807, 2.05) is 66.7 Å². The molecule has 0 saturated carbocycles. The van der Waals surface area contributed by atoms with Gasteiger partial charge in [-0.2, -0.15) is 0 Å². The topological polar surface area (TPSA) is 67.4 Å². The van der Waals surface area contributed by atoms with Crippen molar-refractivity contribution < 1.29 is 14.3 Å². The second kappa shape index (κ2) is 8.18. The number of amides is 2. The van der Waals surface area contributed by atoms with E-state index in [9.17, 15) is 9.59 Å². The molecule has 2 N–H and O–H groups in total. The lowest BCUT2D eigenvalue weighted by Crippen LogP contribution is -2.48. The zero-order valence-electron chi connectivity index (χ0n) is 15.8. The number of carbonyl (C=O) groups excluding carboxylic acids is 2. The lowest BCUT2D eigenvalue weighted by atomic mass is 10.0. The van der Waals surface area contributed by atoms with Crippen LogP contribution in [0, 0.1) is 19.8 Å². The van der Waals surface area contributed by atoms with Gasteiger partial charge in [-0.3, -0.25) is 4.79 Å². The van der Waals surface area contributed by atoms with Crippen LogP contribution >= 0.6 is 0 Å². The van der Waals surface area contributed by atoms with E-state index in [2.05, 4.69) is 10.6 Å². The molecular weight excluding hydrogens is 304 g/mol. The van der Waals surface area contributed by atoms with E-state index in [-0.39, 0.29) is 17.9 Å². The third-order valence-electron chi connectivity index (χ3n) is 3.63. The molecule has 5 nitrogen and oxygen atoms in total. The first-order chi connectivity index (χ1) is 11.0. The van der Waals surface area contributed by atoms with E-state index in [0.717, 1.165) is 11.1 Å². The van der Waals surface area contributed by atoms with Crippen LogP contribution in [-0.2, 0) is 4.74 Å². The average Bonchev–Trinajstić information content (AvgIpc) is 2.43. The van der Waals surface area contributed by atoms with E-state index in [1.54, 1.807) is 0 Å². The summed E-state index contributed by atoms with van der Waals surface area (Å²) in [7, 11) is 0. The van der Waals surface area contributed by atoms with Gasteiger partial charge < -0.3 is 15.4 Å². The molecule has 0 radical (unpaired) electrons. The van der Waals surface area contributed by atoms with Crippen LogP contribution in [0.15, 0.2) is 18.2 Å². The Labute approximate surface area is 145 Å². The molecule has 0 bridgehead atoms. The molecular formula is C19H30N2O3. The number of rotatable bonds is 5. The standard InChI is InChI=1S/C19H30N2O3/c1-12(2)16(21-18(23)24-19(5,6)7)11-20-17(22)15-10-13(3)8-9-14(15)4/h8-10,12,16H,11H2,1-7H3,(H,20,22)(H,21,23). The number of hydrogen-bond donors (Lipinski definition) is 2. The smallest absolute Gasteiger partial charge is 0.407 e. The molecule has 1 atom stereocenters. The van der Waals surface area contributed by atoms with Gasteiger partial charge in [0.15, 0.2) is 0 Å². The Morgan fingerprint density at radius 3 is 2.33 bits per heavy atom. The Morgan fingerprint density at radius 2 is 1.79 bits per heavy atom. The minimum absolute atomic E-state index is 0.132. The Kier molecular flexibility index (Phi) is 6.81. The van der Waals surface area contributed by atoms with Gasteiger partial charge in [0.1, 0.15) is 5.60 Å². The molecule has 0 aliphatic rings. The van der Waals surface area contributed by atoms with Crippen molar-refractivity contribution in [2.24, 2.45) is 5.92 Å². The molecule has 0 saturated heterocycles. The molecule has 0 aromatic heterocycles. The molecule has 2 amide bonds. The summed E-state index contributed by atoms with van der Waals surface area (Å²) in [5.74, 6) is 0.0317. The molecule has 0 heterocycles. The van der Waals surface area contributed by atoms with Crippen molar-refractivity contribution in [1.82, 2.24) is 10.6 Å². The first kappa shape index (κ1) is 20.0. The largest absolute Gasteiger partial charge is 0.444 e. The second-order valence-electron chi connectivity index (χ2n) is 7.53. The van der Waals surface area contributed by atoms with Gasteiger partial charge in [0.05, 0.1) is 6.04 Å². The lowest BCUT2D eigenvalue weighted by molar-refractivity contribution is 0.0487. The Morgan fingerprint density at radius 1 is 1.17 bits per heavy atom. The van der Waals surface area contributed by atoms with Crippen LogP contribution in [-0.4, -0.2) is 30.2 Å². The summed E-state index contributed by atoms with van der Waals surface area (Å²) < 4.78 is 5.28. The van der Waals surface area contributed by atoms with E-state index < -0.39 is 11.7 Å². The molecule has 0 aliphatic heterocycles. The first-order valence-electron chi connectivity index (χ1n) is 8.34. The van der Waals surface area contributed by atoms with Crippen LogP contribution in [0.25, 0.3) is 0 Å². The summed E-state index contributed by atoms with van der Waals surface area (Å²) in [6.45, 7) is 13.7. The number of ether oxygens (including phenoxy) is 1. The average molecular weight is 334 g/mol. The van der Waals surface area contributed by atoms with Gasteiger partial charge in [-0.15, -0.1) is 0 Å². The highest BCUT2D eigenvalue weighted by Crippen LogP contribution is 2.11. The third kappa shape index (κ3) is 6.60. The van der Waals surface area contributed by atoms with Gasteiger partial charge >= 0.3 is 6.09 Å². The highest BCUT2D eigenvalue weighted by atomic mass is 16.6. The first-order valence-corrected chi connectivity index (χ1v) is 8.34. The fraction of sp³-hybridized carbons (Fsp3) is 0.579. The maximum Gasteiger partial charge on any atom is 0.407 e. The van der Waals surface area contributed by atoms with Crippen LogP contribution in [0.5, 0.6) is 0 Å². The number of alkyl carbamates (subject to hydrolysis) is 1. The molecule has 0 spiro atoms. The highest BCUT2D eigenvalue weighted by Gasteiger charge is 2.22. The quantitative estimate of drug-likeness (QED) is 0.865. The Bertz CT molecular complexity index is 589. The van der Waals surface area contributed by atoms with Gasteiger partial charge in [0, 0.05) is 12.1 Å². The molecule has 24 heavy (non-hydrogen) atoms. The summed E-state index contributed by atoms with van der Waals surface area (Å²) in [5, 5.41) is 5.74. The van der Waals surface area contributed by atoms with Crippen LogP contribution in [0.1, 0.15) is 56.1 Å². The van der Waals surface area contributed by atoms with E-state index in [1.165, 1.54) is 0 Å². The molecule has 5 heteroatoms. The highest BCUT2D eigenvalue weighted by molar-refractivity contribution is 5.95. The van der Waals surface area contributed by atoms with Crippen molar-refractivity contribution in [3.05, 3.63) is 34.9 Å². The minimum Gasteiger partial charge on any atom is -0.444 e. The fourth-order valence-electron chi connectivity index (χ4n) is 2.19. The summed E-state index contributed by atoms with van der Waals surface area (Å²) in [5.41, 5.74) is 2.08. The van der Waals surface area contributed by atoms with Crippen molar-refractivity contribution in [3.63, 3.8) is 0 Å². The molecule has 134 valence electrons. The van der Waals surface area contributed by atoms with Crippen molar-refractivity contribution >= 4 is 12.0 Å². The van der Waals surface area contributed by atoms with Crippen molar-refractivity contribution in [2.75, 3.05) is 6.54 Å². The molecule has 0 fully saturated rings. The van der Waals surface area contributed by atoms with Crippen molar-refractivity contribution in [3.8, 4) is 0 Å². The van der Waals surface area contributed by atoms with Gasteiger partial charge in [-0.05, 0) is 52.2 Å². The van der Waals surface area contributed by atoms with Crippen LogP contribution in [0.4, 0.5) is 4.79 Å². The maximum absolute atomic E-state index is 12.4. The molecule has 1 rings (SSSR count). The normalized spacial score (nSPS) is 12.7. The fourth-order valence-corrected chi connectivity index (χ4v) is 2.19. The summed E-state index contributed by atoms with van der Waals surface area (Å²) in [4.78, 5) is 24.3. The van der Waals surface area contributed by atoms with Gasteiger partial charge in [-0.25, -0.2) is 4.79 Å². The van der Waals surface area contributed by atoms with Crippen LogP contribution in [0.3, 0.4) is 0 Å².